The zero-order chi connectivity index (χ0) is 26.6. The Morgan fingerprint density at radius 3 is 2.44 bits per heavy atom. The average molecular weight is 528 g/mol. The minimum absolute atomic E-state index is 0.00232. The van der Waals surface area contributed by atoms with Gasteiger partial charge < -0.3 is 20.2 Å². The van der Waals surface area contributed by atoms with Crippen molar-refractivity contribution in [1.29, 1.82) is 0 Å². The Morgan fingerprint density at radius 1 is 1.25 bits per heavy atom. The molecule has 2 heterocycles. The molecule has 1 aliphatic heterocycles. The number of hydrogen-bond acceptors (Lipinski definition) is 7. The lowest BCUT2D eigenvalue weighted by Crippen LogP contribution is -2.47. The minimum atomic E-state index is -4.65. The summed E-state index contributed by atoms with van der Waals surface area (Å²) in [4.78, 5) is 30.7. The number of benzene rings is 1. The lowest BCUT2D eigenvalue weighted by atomic mass is 9.95. The van der Waals surface area contributed by atoms with Gasteiger partial charge in [-0.25, -0.2) is 0 Å². The Labute approximate surface area is 212 Å². The molecule has 0 saturated carbocycles. The van der Waals surface area contributed by atoms with Gasteiger partial charge in [0.05, 0.1) is 17.8 Å². The van der Waals surface area contributed by atoms with Crippen LogP contribution in [0.1, 0.15) is 64.3 Å². The maximum Gasteiger partial charge on any atom is 0.452 e. The van der Waals surface area contributed by atoms with Crippen LogP contribution in [0.25, 0.3) is 0 Å². The van der Waals surface area contributed by atoms with Crippen molar-refractivity contribution < 1.29 is 27.9 Å². The molecule has 1 atom stereocenters. The van der Waals surface area contributed by atoms with Crippen LogP contribution in [0.5, 0.6) is 0 Å². The van der Waals surface area contributed by atoms with Crippen LogP contribution in [0.15, 0.2) is 18.2 Å². The molecule has 1 amide bonds. The Balaban J connectivity index is 1.99. The van der Waals surface area contributed by atoms with Crippen LogP contribution in [0.3, 0.4) is 0 Å². The van der Waals surface area contributed by atoms with Gasteiger partial charge in [-0.1, -0.05) is 26.8 Å². The second-order valence-corrected chi connectivity index (χ2v) is 10.4. The summed E-state index contributed by atoms with van der Waals surface area (Å²) in [6, 6.07) is 5.68. The van der Waals surface area contributed by atoms with E-state index in [-0.39, 0.29) is 29.4 Å². The molecule has 0 aliphatic carbocycles. The maximum atomic E-state index is 13.1. The number of anilines is 3. The number of aromatic nitrogens is 2. The van der Waals surface area contributed by atoms with Crippen LogP contribution < -0.4 is 10.2 Å². The van der Waals surface area contributed by atoms with Crippen LogP contribution in [-0.4, -0.2) is 56.9 Å². The number of nitrogens with zero attached hydrogens (tertiary/aromatic N) is 4. The zero-order valence-corrected chi connectivity index (χ0v) is 21.6. The summed E-state index contributed by atoms with van der Waals surface area (Å²) in [5.41, 5.74) is 2.09. The van der Waals surface area contributed by atoms with E-state index in [0.29, 0.717) is 42.8 Å². The Hall–Kier alpha value is -2.89. The molecule has 12 heteroatoms. The molecule has 0 unspecified atom stereocenters. The molecule has 8 nitrogen and oxygen atoms in total. The van der Waals surface area contributed by atoms with Crippen molar-refractivity contribution >= 4 is 39.9 Å². The average Bonchev–Trinajstić information content (AvgIpc) is 3.26. The summed E-state index contributed by atoms with van der Waals surface area (Å²) in [5.74, 6) is -2.09. The van der Waals surface area contributed by atoms with Crippen molar-refractivity contribution in [2.24, 2.45) is 5.92 Å². The van der Waals surface area contributed by atoms with Gasteiger partial charge >= 0.3 is 12.1 Å². The molecule has 36 heavy (non-hydrogen) atoms. The second kappa shape index (κ2) is 11.4. The summed E-state index contributed by atoms with van der Waals surface area (Å²) < 4.78 is 42.7. The van der Waals surface area contributed by atoms with Gasteiger partial charge in [0, 0.05) is 44.1 Å². The molecule has 0 radical (unpaired) electrons. The summed E-state index contributed by atoms with van der Waals surface area (Å²) in [5, 5.41) is 12.3. The quantitative estimate of drug-likeness (QED) is 0.453. The van der Waals surface area contributed by atoms with E-state index >= 15 is 0 Å². The predicted molar refractivity (Wildman–Crippen MR) is 133 cm³/mol. The van der Waals surface area contributed by atoms with Crippen LogP contribution in [-0.2, 0) is 15.8 Å². The monoisotopic (exact) mass is 527 g/mol. The number of likely N-dealkylation sites (tertiary alicyclic amines) is 1. The minimum Gasteiger partial charge on any atom is -0.481 e. The summed E-state index contributed by atoms with van der Waals surface area (Å²) in [6.07, 6.45) is -3.19. The fourth-order valence-corrected chi connectivity index (χ4v) is 5.03. The molecule has 1 fully saturated rings. The Bertz CT molecular complexity index is 1070. The zero-order valence-electron chi connectivity index (χ0n) is 20.8. The van der Waals surface area contributed by atoms with E-state index in [9.17, 15) is 27.9 Å². The van der Waals surface area contributed by atoms with E-state index in [2.05, 4.69) is 33.4 Å². The highest BCUT2D eigenvalue weighted by molar-refractivity contribution is 7.09. The number of piperidine rings is 1. The van der Waals surface area contributed by atoms with Gasteiger partial charge in [-0.05, 0) is 42.4 Å². The van der Waals surface area contributed by atoms with Crippen molar-refractivity contribution in [1.82, 2.24) is 14.3 Å². The van der Waals surface area contributed by atoms with Gasteiger partial charge in [0.25, 0.3) is 0 Å². The standard InChI is InChI=1S/C24H32F3N5O3S/c1-14(2)13-32(18-7-9-31(10-8-18)16(4)33)20-6-5-17(15(3)11-21(34)35)12-19(20)28-23-29-22(30-36-23)24(25,26)27/h5-6,12,14-15,18H,7-11,13H2,1-4H3,(H,34,35)(H,28,29,30)/t15-/m1/s1. The molecule has 198 valence electrons. The summed E-state index contributed by atoms with van der Waals surface area (Å²) in [7, 11) is 0. The third-order valence-electron chi connectivity index (χ3n) is 6.21. The second-order valence-electron chi connectivity index (χ2n) is 9.60. The molecule has 0 bridgehead atoms. The lowest BCUT2D eigenvalue weighted by molar-refractivity contribution is -0.144. The smallest absolute Gasteiger partial charge is 0.452 e. The number of amides is 1. The van der Waals surface area contributed by atoms with E-state index in [1.54, 1.807) is 19.9 Å². The van der Waals surface area contributed by atoms with Crippen molar-refractivity contribution in [3.63, 3.8) is 0 Å². The highest BCUT2D eigenvalue weighted by Crippen LogP contribution is 2.37. The number of rotatable bonds is 9. The number of carbonyl (C=O) groups excluding carboxylic acids is 1. The topological polar surface area (TPSA) is 98.7 Å². The number of nitrogens with one attached hydrogen (secondary N) is 1. The number of halogens is 3. The van der Waals surface area contributed by atoms with E-state index in [0.717, 1.165) is 24.1 Å². The molecule has 1 aliphatic rings. The number of carboxylic acids is 1. The van der Waals surface area contributed by atoms with Gasteiger partial charge in [-0.3, -0.25) is 9.59 Å². The summed E-state index contributed by atoms with van der Waals surface area (Å²) in [6.45, 7) is 9.51. The molecule has 1 saturated heterocycles. The van der Waals surface area contributed by atoms with Gasteiger partial charge in [-0.2, -0.15) is 22.5 Å². The predicted octanol–water partition coefficient (Wildman–Crippen LogP) is 5.35. The third kappa shape index (κ3) is 7.08. The molecule has 2 aromatic rings. The fourth-order valence-electron chi connectivity index (χ4n) is 4.43. The lowest BCUT2D eigenvalue weighted by Gasteiger charge is -2.41. The Kier molecular flexibility index (Phi) is 8.80. The number of carboxylic acid groups (broad SMARTS) is 1. The van der Waals surface area contributed by atoms with E-state index in [4.69, 9.17) is 0 Å². The normalized spacial score (nSPS) is 15.7. The Morgan fingerprint density at radius 2 is 1.92 bits per heavy atom. The highest BCUT2D eigenvalue weighted by atomic mass is 32.1. The van der Waals surface area contributed by atoms with Crippen LogP contribution >= 0.6 is 11.5 Å². The first kappa shape index (κ1) is 27.7. The van der Waals surface area contributed by atoms with E-state index in [1.807, 2.05) is 17.0 Å². The number of aliphatic carboxylic acids is 1. The highest BCUT2D eigenvalue weighted by Gasteiger charge is 2.36. The summed E-state index contributed by atoms with van der Waals surface area (Å²) >= 11 is 0.621. The van der Waals surface area contributed by atoms with Gasteiger partial charge in [-0.15, -0.1) is 0 Å². The molecular weight excluding hydrogens is 495 g/mol. The van der Waals surface area contributed by atoms with Gasteiger partial charge in [0.15, 0.2) is 0 Å². The largest absolute Gasteiger partial charge is 0.481 e. The van der Waals surface area contributed by atoms with Crippen molar-refractivity contribution in [2.75, 3.05) is 29.9 Å². The molecule has 1 aromatic heterocycles. The fraction of sp³-hybridized carbons (Fsp3) is 0.583. The molecule has 1 aromatic carbocycles. The van der Waals surface area contributed by atoms with E-state index in [1.165, 1.54) is 0 Å². The third-order valence-corrected chi connectivity index (χ3v) is 6.84. The first-order valence-electron chi connectivity index (χ1n) is 11.9. The van der Waals surface area contributed by atoms with Crippen molar-refractivity contribution in [2.45, 2.75) is 65.1 Å². The molecule has 2 N–H and O–H groups in total. The maximum absolute atomic E-state index is 13.1. The van der Waals surface area contributed by atoms with E-state index < -0.39 is 18.0 Å². The van der Waals surface area contributed by atoms with Crippen molar-refractivity contribution in [3.8, 4) is 0 Å². The van der Waals surface area contributed by atoms with Crippen LogP contribution in [0.4, 0.5) is 29.7 Å². The first-order valence-corrected chi connectivity index (χ1v) is 12.7. The van der Waals surface area contributed by atoms with Gasteiger partial charge in [0.1, 0.15) is 0 Å². The van der Waals surface area contributed by atoms with Crippen LogP contribution in [0, 0.1) is 5.92 Å². The number of alkyl halides is 3. The molecule has 0 spiro atoms. The first-order chi connectivity index (χ1) is 16.8. The SMILES string of the molecule is CC(=O)N1CCC(N(CC(C)C)c2ccc([C@H](C)CC(=O)O)cc2Nc2nc(C(F)(F)F)ns2)CC1. The van der Waals surface area contributed by atoms with Crippen LogP contribution in [0.2, 0.25) is 0 Å². The van der Waals surface area contributed by atoms with Gasteiger partial charge in [0.2, 0.25) is 16.9 Å². The number of hydrogen-bond donors (Lipinski definition) is 2. The number of carbonyl (C=O) groups is 2. The van der Waals surface area contributed by atoms with Crippen molar-refractivity contribution in [3.05, 3.63) is 29.6 Å². The molecular formula is C24H32F3N5O3S. The molecule has 3 rings (SSSR count).